The summed E-state index contributed by atoms with van der Waals surface area (Å²) in [4.78, 5) is 11.5. The third-order valence-corrected chi connectivity index (χ3v) is 3.21. The normalized spacial score (nSPS) is 10.9. The van der Waals surface area contributed by atoms with Crippen molar-refractivity contribution in [2.75, 3.05) is 13.1 Å². The van der Waals surface area contributed by atoms with Gasteiger partial charge in [0.15, 0.2) is 0 Å². The number of hydrogen-bond donors (Lipinski definition) is 2. The molecule has 0 aliphatic rings. The molecule has 0 unspecified atom stereocenters. The van der Waals surface area contributed by atoms with Crippen LogP contribution in [0.25, 0.3) is 10.9 Å². The number of nitrogens with one attached hydrogen (secondary N) is 2. The van der Waals surface area contributed by atoms with Gasteiger partial charge in [0.25, 0.3) is 0 Å². The Balaban J connectivity index is 1.72. The molecule has 2 amide bonds. The van der Waals surface area contributed by atoms with E-state index < -0.39 is 0 Å². The Kier molecular flexibility index (Phi) is 5.04. The maximum Gasteiger partial charge on any atom is 0.314 e. The maximum atomic E-state index is 11.5. The molecule has 1 aromatic heterocycles. The van der Waals surface area contributed by atoms with Gasteiger partial charge in [0.1, 0.15) is 0 Å². The molecule has 0 saturated carbocycles. The molecule has 4 heteroatoms. The number of para-hydroxylation sites is 1. The summed E-state index contributed by atoms with van der Waals surface area (Å²) in [5.41, 5.74) is 1.25. The van der Waals surface area contributed by atoms with E-state index in [-0.39, 0.29) is 6.03 Å². The van der Waals surface area contributed by atoms with E-state index in [0.717, 1.165) is 13.0 Å². The van der Waals surface area contributed by atoms with Crippen molar-refractivity contribution in [3.8, 4) is 0 Å². The van der Waals surface area contributed by atoms with Crippen LogP contribution in [0.4, 0.5) is 4.79 Å². The van der Waals surface area contributed by atoms with Gasteiger partial charge in [-0.25, -0.2) is 4.79 Å². The number of hydrogen-bond acceptors (Lipinski definition) is 1. The molecule has 0 fully saturated rings. The first-order chi connectivity index (χ1) is 9.66. The van der Waals surface area contributed by atoms with Gasteiger partial charge in [0, 0.05) is 31.3 Å². The second-order valence-corrected chi connectivity index (χ2v) is 5.45. The first-order valence-electron chi connectivity index (χ1n) is 7.22. The van der Waals surface area contributed by atoms with E-state index >= 15 is 0 Å². The van der Waals surface area contributed by atoms with Gasteiger partial charge in [-0.05, 0) is 29.9 Å². The number of carbonyl (C=O) groups is 1. The van der Waals surface area contributed by atoms with E-state index in [1.165, 1.54) is 10.9 Å². The lowest BCUT2D eigenvalue weighted by Crippen LogP contribution is -2.38. The highest BCUT2D eigenvalue weighted by Crippen LogP contribution is 2.15. The van der Waals surface area contributed by atoms with E-state index in [1.54, 1.807) is 0 Å². The molecule has 0 aliphatic heterocycles. The van der Waals surface area contributed by atoms with Crippen LogP contribution in [-0.2, 0) is 6.54 Å². The molecule has 0 radical (unpaired) electrons. The zero-order valence-electron chi connectivity index (χ0n) is 12.2. The Morgan fingerprint density at radius 3 is 2.80 bits per heavy atom. The largest absolute Gasteiger partial charge is 0.347 e. The zero-order valence-corrected chi connectivity index (χ0v) is 12.2. The van der Waals surface area contributed by atoms with Gasteiger partial charge in [-0.1, -0.05) is 32.0 Å². The van der Waals surface area contributed by atoms with Gasteiger partial charge in [-0.3, -0.25) is 0 Å². The van der Waals surface area contributed by atoms with Crippen molar-refractivity contribution in [3.05, 3.63) is 36.5 Å². The number of aryl methyl sites for hydroxylation is 1. The fourth-order valence-corrected chi connectivity index (χ4v) is 2.15. The fraction of sp³-hybridized carbons (Fsp3) is 0.438. The van der Waals surface area contributed by atoms with Crippen LogP contribution in [0.15, 0.2) is 36.5 Å². The number of benzene rings is 1. The SMILES string of the molecule is CC(C)CNC(=O)NCCCn1ccc2ccccc21. The van der Waals surface area contributed by atoms with Crippen LogP contribution in [0, 0.1) is 5.92 Å². The summed E-state index contributed by atoms with van der Waals surface area (Å²) in [5.74, 6) is 0.479. The van der Waals surface area contributed by atoms with E-state index in [4.69, 9.17) is 0 Å². The van der Waals surface area contributed by atoms with Crippen LogP contribution in [0.2, 0.25) is 0 Å². The highest BCUT2D eigenvalue weighted by atomic mass is 16.2. The highest BCUT2D eigenvalue weighted by Gasteiger charge is 2.02. The highest BCUT2D eigenvalue weighted by molar-refractivity contribution is 5.79. The predicted octanol–water partition coefficient (Wildman–Crippen LogP) is 2.99. The smallest absolute Gasteiger partial charge is 0.314 e. The minimum atomic E-state index is -0.0731. The zero-order chi connectivity index (χ0) is 14.4. The number of aromatic nitrogens is 1. The Hall–Kier alpha value is -1.97. The molecule has 0 bridgehead atoms. The van der Waals surface area contributed by atoms with Crippen LogP contribution in [0.1, 0.15) is 20.3 Å². The molecule has 0 aliphatic carbocycles. The summed E-state index contributed by atoms with van der Waals surface area (Å²) in [6, 6.07) is 10.4. The number of nitrogens with zero attached hydrogens (tertiary/aromatic N) is 1. The topological polar surface area (TPSA) is 46.1 Å². The van der Waals surface area contributed by atoms with Crippen molar-refractivity contribution in [1.82, 2.24) is 15.2 Å². The molecule has 108 valence electrons. The van der Waals surface area contributed by atoms with E-state index in [1.807, 2.05) is 6.07 Å². The van der Waals surface area contributed by atoms with Crippen molar-refractivity contribution < 1.29 is 4.79 Å². The Morgan fingerprint density at radius 1 is 1.20 bits per heavy atom. The molecule has 2 N–H and O–H groups in total. The maximum absolute atomic E-state index is 11.5. The average molecular weight is 273 g/mol. The molecule has 1 heterocycles. The van der Waals surface area contributed by atoms with Gasteiger partial charge in [0.05, 0.1) is 0 Å². The lowest BCUT2D eigenvalue weighted by molar-refractivity contribution is 0.239. The molecule has 2 rings (SSSR count). The summed E-state index contributed by atoms with van der Waals surface area (Å²) in [6.45, 7) is 6.48. The third kappa shape index (κ3) is 4.02. The van der Waals surface area contributed by atoms with Gasteiger partial charge in [0.2, 0.25) is 0 Å². The van der Waals surface area contributed by atoms with Crippen molar-refractivity contribution in [1.29, 1.82) is 0 Å². The molecule has 4 nitrogen and oxygen atoms in total. The summed E-state index contributed by atoms with van der Waals surface area (Å²) in [7, 11) is 0. The first kappa shape index (κ1) is 14.4. The van der Waals surface area contributed by atoms with Crippen LogP contribution in [-0.4, -0.2) is 23.7 Å². The lowest BCUT2D eigenvalue weighted by atomic mass is 10.2. The van der Waals surface area contributed by atoms with Crippen molar-refractivity contribution in [2.24, 2.45) is 5.92 Å². The molecule has 0 atom stereocenters. The standard InChI is InChI=1S/C16H23N3O/c1-13(2)12-18-16(20)17-9-5-10-19-11-8-14-6-3-4-7-15(14)19/h3-4,6-8,11,13H,5,9-10,12H2,1-2H3,(H2,17,18,20). The Bertz CT molecular complexity index is 560. The van der Waals surface area contributed by atoms with Crippen molar-refractivity contribution in [3.63, 3.8) is 0 Å². The van der Waals surface area contributed by atoms with Gasteiger partial charge in [-0.2, -0.15) is 0 Å². The van der Waals surface area contributed by atoms with Gasteiger partial charge < -0.3 is 15.2 Å². The van der Waals surface area contributed by atoms with E-state index in [0.29, 0.717) is 19.0 Å². The molecule has 20 heavy (non-hydrogen) atoms. The number of rotatable bonds is 6. The first-order valence-corrected chi connectivity index (χ1v) is 7.22. The molecular formula is C16H23N3O. The average Bonchev–Trinajstić information content (AvgIpc) is 2.85. The van der Waals surface area contributed by atoms with Crippen LogP contribution >= 0.6 is 0 Å². The monoisotopic (exact) mass is 273 g/mol. The second-order valence-electron chi connectivity index (χ2n) is 5.45. The summed E-state index contributed by atoms with van der Waals surface area (Å²) < 4.78 is 2.23. The quantitative estimate of drug-likeness (QED) is 0.781. The fourth-order valence-electron chi connectivity index (χ4n) is 2.15. The minimum absolute atomic E-state index is 0.0731. The Morgan fingerprint density at radius 2 is 2.00 bits per heavy atom. The number of urea groups is 1. The Labute approximate surface area is 120 Å². The summed E-state index contributed by atoms with van der Waals surface area (Å²) in [6.07, 6.45) is 3.03. The van der Waals surface area contributed by atoms with Crippen molar-refractivity contribution >= 4 is 16.9 Å². The van der Waals surface area contributed by atoms with Gasteiger partial charge >= 0.3 is 6.03 Å². The predicted molar refractivity (Wildman–Crippen MR) is 82.8 cm³/mol. The van der Waals surface area contributed by atoms with Crippen LogP contribution in [0.5, 0.6) is 0 Å². The number of amides is 2. The molecule has 0 spiro atoms. The van der Waals surface area contributed by atoms with Gasteiger partial charge in [-0.15, -0.1) is 0 Å². The van der Waals surface area contributed by atoms with Crippen LogP contribution < -0.4 is 10.6 Å². The molecular weight excluding hydrogens is 250 g/mol. The third-order valence-electron chi connectivity index (χ3n) is 3.21. The number of carbonyl (C=O) groups excluding carboxylic acids is 1. The molecule has 2 aromatic rings. The number of fused-ring (bicyclic) bond motifs is 1. The summed E-state index contributed by atoms with van der Waals surface area (Å²) >= 11 is 0. The summed E-state index contributed by atoms with van der Waals surface area (Å²) in [5, 5.41) is 6.99. The van der Waals surface area contributed by atoms with Crippen molar-refractivity contribution in [2.45, 2.75) is 26.8 Å². The second kappa shape index (κ2) is 6.98. The van der Waals surface area contributed by atoms with E-state index in [9.17, 15) is 4.79 Å². The lowest BCUT2D eigenvalue weighted by Gasteiger charge is -2.10. The molecule has 0 saturated heterocycles. The van der Waals surface area contributed by atoms with E-state index in [2.05, 4.69) is 59.5 Å². The molecule has 1 aromatic carbocycles. The van der Waals surface area contributed by atoms with Crippen LogP contribution in [0.3, 0.4) is 0 Å². The minimum Gasteiger partial charge on any atom is -0.347 e.